The highest BCUT2D eigenvalue weighted by molar-refractivity contribution is 5.67. The molecule has 1 N–H and O–H groups in total. The van der Waals surface area contributed by atoms with Crippen molar-refractivity contribution in [3.63, 3.8) is 0 Å². The Morgan fingerprint density at radius 3 is 2.05 bits per heavy atom. The Labute approximate surface area is 115 Å². The number of halogens is 3. The molecular formula is C14H17F3O3. The Hall–Kier alpha value is -1.72. The summed E-state index contributed by atoms with van der Waals surface area (Å²) in [6.45, 7) is 5.93. The Kier molecular flexibility index (Phi) is 4.68. The van der Waals surface area contributed by atoms with E-state index >= 15 is 0 Å². The molecule has 0 radical (unpaired) electrons. The fraction of sp³-hybridized carbons (Fsp3) is 0.500. The Morgan fingerprint density at radius 2 is 1.70 bits per heavy atom. The van der Waals surface area contributed by atoms with Crippen LogP contribution in [0.4, 0.5) is 13.2 Å². The fourth-order valence-corrected chi connectivity index (χ4v) is 1.58. The Balaban J connectivity index is 2.87. The van der Waals surface area contributed by atoms with Crippen molar-refractivity contribution in [3.8, 4) is 5.75 Å². The number of benzene rings is 1. The van der Waals surface area contributed by atoms with Crippen molar-refractivity contribution in [3.05, 3.63) is 29.8 Å². The molecule has 1 atom stereocenters. The second kappa shape index (κ2) is 5.73. The van der Waals surface area contributed by atoms with Crippen LogP contribution in [-0.2, 0) is 10.2 Å². The van der Waals surface area contributed by atoms with Crippen LogP contribution >= 0.6 is 0 Å². The van der Waals surface area contributed by atoms with Crippen molar-refractivity contribution in [2.45, 2.75) is 44.9 Å². The molecule has 0 aliphatic carbocycles. The number of hydrogen-bond acceptors (Lipinski definition) is 2. The van der Waals surface area contributed by atoms with E-state index < -0.39 is 24.7 Å². The highest BCUT2D eigenvalue weighted by Gasteiger charge is 2.43. The van der Waals surface area contributed by atoms with Gasteiger partial charge in [0.15, 0.2) is 0 Å². The van der Waals surface area contributed by atoms with Gasteiger partial charge in [-0.25, -0.2) is 0 Å². The first-order valence-electron chi connectivity index (χ1n) is 6.06. The first kappa shape index (κ1) is 16.3. The largest absolute Gasteiger partial charge is 0.481 e. The van der Waals surface area contributed by atoms with Crippen LogP contribution in [0.25, 0.3) is 0 Å². The minimum Gasteiger partial charge on any atom is -0.481 e. The number of alkyl halides is 3. The number of aliphatic carboxylic acids is 1. The summed E-state index contributed by atoms with van der Waals surface area (Å²) in [6.07, 6.45) is -8.19. The molecule has 20 heavy (non-hydrogen) atoms. The summed E-state index contributed by atoms with van der Waals surface area (Å²) in [5.41, 5.74) is 0.829. The van der Waals surface area contributed by atoms with Crippen molar-refractivity contribution < 1.29 is 27.8 Å². The SMILES string of the molecule is CC(C)(C)c1ccc(OC(CC(=O)O)C(F)(F)F)cc1. The molecule has 0 saturated carbocycles. The van der Waals surface area contributed by atoms with Crippen molar-refractivity contribution in [2.24, 2.45) is 0 Å². The summed E-state index contributed by atoms with van der Waals surface area (Å²) in [7, 11) is 0. The molecule has 0 saturated heterocycles. The van der Waals surface area contributed by atoms with Crippen molar-refractivity contribution in [1.29, 1.82) is 0 Å². The van der Waals surface area contributed by atoms with Crippen LogP contribution in [0.1, 0.15) is 32.8 Å². The zero-order chi connectivity index (χ0) is 15.6. The van der Waals surface area contributed by atoms with Crippen LogP contribution in [0, 0.1) is 0 Å². The lowest BCUT2D eigenvalue weighted by molar-refractivity contribution is -0.200. The smallest absolute Gasteiger partial charge is 0.425 e. The summed E-state index contributed by atoms with van der Waals surface area (Å²) in [5.74, 6) is -1.56. The third kappa shape index (κ3) is 4.75. The lowest BCUT2D eigenvalue weighted by atomic mass is 9.87. The molecule has 1 aromatic carbocycles. The maximum atomic E-state index is 12.6. The van der Waals surface area contributed by atoms with E-state index in [9.17, 15) is 18.0 Å². The number of rotatable bonds is 4. The van der Waals surface area contributed by atoms with Gasteiger partial charge in [0.1, 0.15) is 5.75 Å². The third-order valence-corrected chi connectivity index (χ3v) is 2.72. The lowest BCUT2D eigenvalue weighted by Gasteiger charge is -2.22. The van der Waals surface area contributed by atoms with Gasteiger partial charge in [-0.2, -0.15) is 13.2 Å². The molecule has 6 heteroatoms. The molecule has 0 bridgehead atoms. The van der Waals surface area contributed by atoms with Gasteiger partial charge in [0.2, 0.25) is 6.10 Å². The molecular weight excluding hydrogens is 273 g/mol. The second-order valence-electron chi connectivity index (χ2n) is 5.52. The van der Waals surface area contributed by atoms with Crippen LogP contribution in [0.2, 0.25) is 0 Å². The van der Waals surface area contributed by atoms with Crippen molar-refractivity contribution in [1.82, 2.24) is 0 Å². The standard InChI is InChI=1S/C14H17F3O3/c1-13(2,3)9-4-6-10(7-5-9)20-11(8-12(18)19)14(15,16)17/h4-7,11H,8H2,1-3H3,(H,18,19). The van der Waals surface area contributed by atoms with Crippen molar-refractivity contribution in [2.75, 3.05) is 0 Å². The summed E-state index contributed by atoms with van der Waals surface area (Å²) in [4.78, 5) is 10.5. The van der Waals surface area contributed by atoms with E-state index in [1.807, 2.05) is 20.8 Å². The maximum Gasteiger partial charge on any atom is 0.425 e. The second-order valence-corrected chi connectivity index (χ2v) is 5.52. The minimum atomic E-state index is -4.72. The predicted octanol–water partition coefficient (Wildman–Crippen LogP) is 3.77. The highest BCUT2D eigenvalue weighted by atomic mass is 19.4. The number of carboxylic acid groups (broad SMARTS) is 1. The van der Waals surface area contributed by atoms with Gasteiger partial charge >= 0.3 is 12.1 Å². The average molecular weight is 290 g/mol. The van der Waals surface area contributed by atoms with E-state index in [2.05, 4.69) is 0 Å². The quantitative estimate of drug-likeness (QED) is 0.918. The maximum absolute atomic E-state index is 12.6. The van der Waals surface area contributed by atoms with Gasteiger partial charge in [0.05, 0.1) is 6.42 Å². The topological polar surface area (TPSA) is 46.5 Å². The van der Waals surface area contributed by atoms with Crippen LogP contribution in [0.15, 0.2) is 24.3 Å². The van der Waals surface area contributed by atoms with Gasteiger partial charge in [-0.1, -0.05) is 32.9 Å². The van der Waals surface area contributed by atoms with Gasteiger partial charge in [-0.3, -0.25) is 4.79 Å². The summed E-state index contributed by atoms with van der Waals surface area (Å²) >= 11 is 0. The lowest BCUT2D eigenvalue weighted by Crippen LogP contribution is -2.36. The molecule has 0 aromatic heterocycles. The molecule has 1 unspecified atom stereocenters. The van der Waals surface area contributed by atoms with E-state index in [1.165, 1.54) is 12.1 Å². The molecule has 0 aliphatic rings. The van der Waals surface area contributed by atoms with Crippen LogP contribution in [-0.4, -0.2) is 23.4 Å². The Bertz CT molecular complexity index is 458. The number of ether oxygens (including phenoxy) is 1. The zero-order valence-corrected chi connectivity index (χ0v) is 11.5. The molecule has 0 fully saturated rings. The summed E-state index contributed by atoms with van der Waals surface area (Å²) < 4.78 is 42.7. The Morgan fingerprint density at radius 1 is 1.20 bits per heavy atom. The summed E-state index contributed by atoms with van der Waals surface area (Å²) in [5, 5.41) is 8.50. The highest BCUT2D eigenvalue weighted by Crippen LogP contribution is 2.29. The molecule has 1 aromatic rings. The first-order chi connectivity index (χ1) is 9.00. The van der Waals surface area contributed by atoms with Crippen molar-refractivity contribution >= 4 is 5.97 Å². The van der Waals surface area contributed by atoms with Gasteiger partial charge < -0.3 is 9.84 Å². The van der Waals surface area contributed by atoms with E-state index in [4.69, 9.17) is 9.84 Å². The third-order valence-electron chi connectivity index (χ3n) is 2.72. The van der Waals surface area contributed by atoms with E-state index in [-0.39, 0.29) is 11.2 Å². The van der Waals surface area contributed by atoms with Gasteiger partial charge in [-0.05, 0) is 23.1 Å². The number of carbonyl (C=O) groups is 1. The number of hydrogen-bond donors (Lipinski definition) is 1. The summed E-state index contributed by atoms with van der Waals surface area (Å²) in [6, 6.07) is 6.18. The molecule has 0 aliphatic heterocycles. The minimum absolute atomic E-state index is 0.00146. The van der Waals surface area contributed by atoms with E-state index in [0.29, 0.717) is 0 Å². The molecule has 0 amide bonds. The van der Waals surface area contributed by atoms with Gasteiger partial charge in [0.25, 0.3) is 0 Å². The number of carboxylic acids is 1. The predicted molar refractivity (Wildman–Crippen MR) is 67.9 cm³/mol. The van der Waals surface area contributed by atoms with Crippen LogP contribution in [0.5, 0.6) is 5.75 Å². The van der Waals surface area contributed by atoms with Gasteiger partial charge in [-0.15, -0.1) is 0 Å². The normalized spacial score (nSPS) is 13.9. The first-order valence-corrected chi connectivity index (χ1v) is 6.06. The molecule has 1 rings (SSSR count). The van der Waals surface area contributed by atoms with E-state index in [1.54, 1.807) is 12.1 Å². The molecule has 0 spiro atoms. The average Bonchev–Trinajstić information content (AvgIpc) is 2.25. The van der Waals surface area contributed by atoms with Crippen LogP contribution < -0.4 is 4.74 Å². The molecule has 3 nitrogen and oxygen atoms in total. The van der Waals surface area contributed by atoms with Gasteiger partial charge in [0, 0.05) is 0 Å². The zero-order valence-electron chi connectivity index (χ0n) is 11.5. The molecule has 0 heterocycles. The van der Waals surface area contributed by atoms with E-state index in [0.717, 1.165) is 5.56 Å². The van der Waals surface area contributed by atoms with Crippen LogP contribution in [0.3, 0.4) is 0 Å². The monoisotopic (exact) mass is 290 g/mol. The molecule has 112 valence electrons. The fourth-order valence-electron chi connectivity index (χ4n) is 1.58.